The molecular weight excluding hydrogens is 292 g/mol. The molecule has 0 aromatic heterocycles. The van der Waals surface area contributed by atoms with Gasteiger partial charge in [-0.15, -0.1) is 0 Å². The molecule has 2 unspecified atom stereocenters. The molecule has 3 saturated heterocycles. The van der Waals surface area contributed by atoms with Crippen LogP contribution in [0.15, 0.2) is 24.3 Å². The van der Waals surface area contributed by atoms with Gasteiger partial charge in [-0.25, -0.2) is 4.89 Å². The van der Waals surface area contributed by atoms with Gasteiger partial charge in [-0.1, -0.05) is 44.0 Å². The third-order valence-electron chi connectivity index (χ3n) is 5.93. The van der Waals surface area contributed by atoms with Gasteiger partial charge in [0.2, 0.25) is 5.79 Å². The summed E-state index contributed by atoms with van der Waals surface area (Å²) < 4.78 is 12.1. The summed E-state index contributed by atoms with van der Waals surface area (Å²) in [4.78, 5) is 12.0. The highest BCUT2D eigenvalue weighted by molar-refractivity contribution is 5.27. The SMILES string of the molecule is CCc1ccc(C23CC[C@H]4CCCCC4(OO2)[C@@H](OC)O3)cc1. The van der Waals surface area contributed by atoms with Gasteiger partial charge in [0.25, 0.3) is 0 Å². The number of benzene rings is 1. The molecule has 4 nitrogen and oxygen atoms in total. The summed E-state index contributed by atoms with van der Waals surface area (Å²) >= 11 is 0. The fourth-order valence-electron chi connectivity index (χ4n) is 4.49. The summed E-state index contributed by atoms with van der Waals surface area (Å²) in [6.45, 7) is 2.16. The van der Waals surface area contributed by atoms with Crippen LogP contribution in [0.3, 0.4) is 0 Å². The monoisotopic (exact) mass is 318 g/mol. The van der Waals surface area contributed by atoms with E-state index in [-0.39, 0.29) is 6.29 Å². The van der Waals surface area contributed by atoms with E-state index in [0.717, 1.165) is 44.1 Å². The molecule has 3 aliphatic heterocycles. The molecule has 3 heterocycles. The van der Waals surface area contributed by atoms with Crippen molar-refractivity contribution in [2.45, 2.75) is 69.5 Å². The molecule has 4 fully saturated rings. The molecule has 2 bridgehead atoms. The Balaban J connectivity index is 1.70. The smallest absolute Gasteiger partial charge is 0.230 e. The van der Waals surface area contributed by atoms with Crippen molar-refractivity contribution in [3.05, 3.63) is 35.4 Å². The molecule has 126 valence electrons. The van der Waals surface area contributed by atoms with Gasteiger partial charge < -0.3 is 9.47 Å². The zero-order valence-electron chi connectivity index (χ0n) is 14.0. The van der Waals surface area contributed by atoms with Crippen LogP contribution in [0.5, 0.6) is 0 Å². The van der Waals surface area contributed by atoms with E-state index in [0.29, 0.717) is 5.92 Å². The fourth-order valence-corrected chi connectivity index (χ4v) is 4.49. The van der Waals surface area contributed by atoms with Crippen LogP contribution in [0.2, 0.25) is 0 Å². The minimum Gasteiger partial charge on any atom is -0.353 e. The molecule has 4 aliphatic rings. The van der Waals surface area contributed by atoms with Crippen LogP contribution in [0.1, 0.15) is 56.6 Å². The summed E-state index contributed by atoms with van der Waals surface area (Å²) in [6.07, 6.45) is 7.02. The lowest BCUT2D eigenvalue weighted by molar-refractivity contribution is -0.558. The Hall–Kier alpha value is -0.940. The van der Waals surface area contributed by atoms with Crippen molar-refractivity contribution in [2.24, 2.45) is 5.92 Å². The number of fused-ring (bicyclic) bond motifs is 3. The van der Waals surface area contributed by atoms with Crippen LogP contribution in [-0.2, 0) is 31.5 Å². The second-order valence-corrected chi connectivity index (χ2v) is 7.09. The summed E-state index contributed by atoms with van der Waals surface area (Å²) in [5.41, 5.74) is 1.89. The Morgan fingerprint density at radius 3 is 2.65 bits per heavy atom. The molecule has 23 heavy (non-hydrogen) atoms. The third-order valence-corrected chi connectivity index (χ3v) is 5.93. The maximum atomic E-state index is 6.40. The largest absolute Gasteiger partial charge is 0.353 e. The van der Waals surface area contributed by atoms with Crippen LogP contribution in [0.25, 0.3) is 0 Å². The molecule has 1 aromatic carbocycles. The summed E-state index contributed by atoms with van der Waals surface area (Å²) in [6, 6.07) is 8.48. The number of aryl methyl sites for hydroxylation is 1. The van der Waals surface area contributed by atoms with Crippen LogP contribution in [0.4, 0.5) is 0 Å². The van der Waals surface area contributed by atoms with E-state index in [1.54, 1.807) is 7.11 Å². The standard InChI is InChI=1S/C19H26O4/c1-3-14-7-9-16(10-8-14)19-13-11-15-6-4-5-12-18(15,22-23-19)17(20-2)21-19/h7-10,15,17H,3-6,11-13H2,1-2H3/t15-,17+,18?,19?/m1/s1. The van der Waals surface area contributed by atoms with Gasteiger partial charge in [0.1, 0.15) is 0 Å². The van der Waals surface area contributed by atoms with Crippen LogP contribution in [0, 0.1) is 5.92 Å². The highest BCUT2D eigenvalue weighted by Crippen LogP contribution is 2.55. The van der Waals surface area contributed by atoms with Crippen molar-refractivity contribution >= 4 is 0 Å². The Morgan fingerprint density at radius 2 is 1.91 bits per heavy atom. The zero-order valence-corrected chi connectivity index (χ0v) is 14.0. The normalized spacial score (nSPS) is 39.7. The number of ether oxygens (including phenoxy) is 2. The molecule has 0 radical (unpaired) electrons. The van der Waals surface area contributed by atoms with Crippen molar-refractivity contribution < 1.29 is 19.2 Å². The highest BCUT2D eigenvalue weighted by atomic mass is 17.3. The zero-order chi connectivity index (χ0) is 15.9. The average Bonchev–Trinajstić information content (AvgIpc) is 2.88. The molecule has 1 aliphatic carbocycles. The first-order valence-corrected chi connectivity index (χ1v) is 8.89. The Morgan fingerprint density at radius 1 is 1.09 bits per heavy atom. The van der Waals surface area contributed by atoms with E-state index in [4.69, 9.17) is 19.2 Å². The minimum atomic E-state index is -0.838. The minimum absolute atomic E-state index is 0.366. The third kappa shape index (κ3) is 2.35. The van der Waals surface area contributed by atoms with Crippen molar-refractivity contribution in [3.8, 4) is 0 Å². The molecule has 4 heteroatoms. The van der Waals surface area contributed by atoms with Crippen molar-refractivity contribution in [2.75, 3.05) is 7.11 Å². The first-order chi connectivity index (χ1) is 11.2. The van der Waals surface area contributed by atoms with E-state index in [1.807, 2.05) is 0 Å². The van der Waals surface area contributed by atoms with E-state index < -0.39 is 11.4 Å². The second kappa shape index (κ2) is 5.85. The molecule has 1 saturated carbocycles. The Bertz CT molecular complexity index is 553. The van der Waals surface area contributed by atoms with E-state index in [1.165, 1.54) is 12.0 Å². The molecule has 4 atom stereocenters. The predicted octanol–water partition coefficient (Wildman–Crippen LogP) is 4.08. The van der Waals surface area contributed by atoms with Gasteiger partial charge in [0.05, 0.1) is 0 Å². The van der Waals surface area contributed by atoms with Crippen molar-refractivity contribution in [1.29, 1.82) is 0 Å². The first-order valence-electron chi connectivity index (χ1n) is 8.89. The molecular formula is C19H26O4. The molecule has 5 rings (SSSR count). The van der Waals surface area contributed by atoms with E-state index in [9.17, 15) is 0 Å². The number of methoxy groups -OCH3 is 1. The van der Waals surface area contributed by atoms with Gasteiger partial charge in [-0.05, 0) is 37.2 Å². The van der Waals surface area contributed by atoms with E-state index >= 15 is 0 Å². The topological polar surface area (TPSA) is 36.9 Å². The molecule has 1 aromatic rings. The quantitative estimate of drug-likeness (QED) is 0.787. The van der Waals surface area contributed by atoms with Crippen molar-refractivity contribution in [3.63, 3.8) is 0 Å². The predicted molar refractivity (Wildman–Crippen MR) is 85.5 cm³/mol. The lowest BCUT2D eigenvalue weighted by atomic mass is 9.73. The lowest BCUT2D eigenvalue weighted by Gasteiger charge is -2.49. The summed E-state index contributed by atoms with van der Waals surface area (Å²) in [5, 5.41) is 0. The van der Waals surface area contributed by atoms with Crippen LogP contribution in [-0.4, -0.2) is 19.0 Å². The number of hydrogen-bond donors (Lipinski definition) is 0. The van der Waals surface area contributed by atoms with Gasteiger partial charge in [-0.3, -0.25) is 0 Å². The maximum absolute atomic E-state index is 6.40. The second-order valence-electron chi connectivity index (χ2n) is 7.09. The summed E-state index contributed by atoms with van der Waals surface area (Å²) in [7, 11) is 1.71. The average molecular weight is 318 g/mol. The van der Waals surface area contributed by atoms with E-state index in [2.05, 4.69) is 31.2 Å². The van der Waals surface area contributed by atoms with Gasteiger partial charge >= 0.3 is 0 Å². The number of hydrogen-bond acceptors (Lipinski definition) is 4. The van der Waals surface area contributed by atoms with Gasteiger partial charge in [0, 0.05) is 19.1 Å². The van der Waals surface area contributed by atoms with Crippen molar-refractivity contribution in [1.82, 2.24) is 0 Å². The fraction of sp³-hybridized carbons (Fsp3) is 0.684. The van der Waals surface area contributed by atoms with Gasteiger partial charge in [-0.2, -0.15) is 4.89 Å². The maximum Gasteiger partial charge on any atom is 0.230 e. The first kappa shape index (κ1) is 15.6. The Kier molecular flexibility index (Phi) is 3.96. The molecule has 0 N–H and O–H groups in total. The number of rotatable bonds is 3. The lowest BCUT2D eigenvalue weighted by Crippen LogP contribution is -2.59. The van der Waals surface area contributed by atoms with Crippen LogP contribution >= 0.6 is 0 Å². The van der Waals surface area contributed by atoms with Crippen LogP contribution < -0.4 is 0 Å². The molecule has 1 spiro atoms. The Labute approximate surface area is 138 Å². The molecule has 0 amide bonds. The van der Waals surface area contributed by atoms with Gasteiger partial charge in [0.15, 0.2) is 11.9 Å². The highest BCUT2D eigenvalue weighted by Gasteiger charge is 2.61. The summed E-state index contributed by atoms with van der Waals surface area (Å²) in [5.74, 6) is -0.393.